The van der Waals surface area contributed by atoms with Crippen molar-refractivity contribution in [3.8, 4) is 28.4 Å². The third kappa shape index (κ3) is 5.69. The molecule has 4 aromatic rings. The number of aromatic nitrogens is 3. The Balaban J connectivity index is 1.18. The van der Waals surface area contributed by atoms with Crippen molar-refractivity contribution in [2.24, 2.45) is 7.05 Å². The normalized spacial score (nSPS) is 14.8. The van der Waals surface area contributed by atoms with E-state index in [1.807, 2.05) is 43.6 Å². The molecule has 0 aliphatic carbocycles. The van der Waals surface area contributed by atoms with Gasteiger partial charge in [-0.3, -0.25) is 9.48 Å². The van der Waals surface area contributed by atoms with Gasteiger partial charge in [0, 0.05) is 55.8 Å². The number of likely N-dealkylation sites (tertiary alicyclic amines) is 1. The number of carbonyl (C=O) groups is 2. The lowest BCUT2D eigenvalue weighted by Gasteiger charge is -2.17. The molecular weight excluding hydrogens is 472 g/mol. The van der Waals surface area contributed by atoms with Crippen LogP contribution in [0.2, 0.25) is 0 Å². The van der Waals surface area contributed by atoms with Gasteiger partial charge in [0.05, 0.1) is 11.8 Å². The second-order valence-electron chi connectivity index (χ2n) is 8.72. The Kier molecular flexibility index (Phi) is 6.71. The van der Waals surface area contributed by atoms with Crippen LogP contribution in [0, 0.1) is 0 Å². The number of hydrogen-bond donors (Lipinski definition) is 2. The molecule has 0 unspecified atom stereocenters. The number of anilines is 1. The van der Waals surface area contributed by atoms with Gasteiger partial charge in [-0.2, -0.15) is 5.10 Å². The molecule has 2 aromatic heterocycles. The summed E-state index contributed by atoms with van der Waals surface area (Å²) >= 11 is 0. The third-order valence-corrected chi connectivity index (χ3v) is 5.97. The molecule has 0 saturated carbocycles. The van der Waals surface area contributed by atoms with E-state index in [9.17, 15) is 9.59 Å². The number of amides is 2. The number of nitrogens with two attached hydrogens (primary N) is 1. The molecule has 2 amide bonds. The van der Waals surface area contributed by atoms with Crippen molar-refractivity contribution in [3.63, 3.8) is 0 Å². The van der Waals surface area contributed by atoms with Crippen LogP contribution in [0.1, 0.15) is 16.8 Å². The smallest absolute Gasteiger partial charge is 0.415 e. The Hall–Kier alpha value is -4.86. The highest BCUT2D eigenvalue weighted by Gasteiger charge is 2.29. The van der Waals surface area contributed by atoms with Crippen LogP contribution >= 0.6 is 0 Å². The van der Waals surface area contributed by atoms with E-state index in [4.69, 9.17) is 15.2 Å². The van der Waals surface area contributed by atoms with E-state index >= 15 is 0 Å². The molecule has 188 valence electrons. The molecule has 1 saturated heterocycles. The number of para-hydroxylation sites is 1. The Morgan fingerprint density at radius 1 is 1.00 bits per heavy atom. The summed E-state index contributed by atoms with van der Waals surface area (Å²) in [5, 5.41) is 7.11. The van der Waals surface area contributed by atoms with Crippen molar-refractivity contribution in [3.05, 3.63) is 84.8 Å². The summed E-state index contributed by atoms with van der Waals surface area (Å²) in [6, 6.07) is 17.7. The van der Waals surface area contributed by atoms with E-state index in [-0.39, 0.29) is 23.3 Å². The molecule has 10 heteroatoms. The molecular formula is C27H26N6O4. The third-order valence-electron chi connectivity index (χ3n) is 5.97. The second-order valence-corrected chi connectivity index (χ2v) is 8.72. The van der Waals surface area contributed by atoms with E-state index in [1.54, 1.807) is 52.3 Å². The summed E-state index contributed by atoms with van der Waals surface area (Å²) in [7, 11) is 1.81. The van der Waals surface area contributed by atoms with Crippen molar-refractivity contribution < 1.29 is 19.1 Å². The van der Waals surface area contributed by atoms with E-state index in [0.29, 0.717) is 36.8 Å². The van der Waals surface area contributed by atoms with Crippen molar-refractivity contribution >= 4 is 17.8 Å². The van der Waals surface area contributed by atoms with E-state index in [0.717, 1.165) is 11.1 Å². The average molecular weight is 499 g/mol. The minimum absolute atomic E-state index is 0.136. The molecule has 37 heavy (non-hydrogen) atoms. The Labute approximate surface area is 213 Å². The van der Waals surface area contributed by atoms with Crippen LogP contribution in [0.25, 0.3) is 11.1 Å². The zero-order valence-corrected chi connectivity index (χ0v) is 20.2. The largest absolute Gasteiger partial charge is 0.457 e. The van der Waals surface area contributed by atoms with Gasteiger partial charge in [-0.1, -0.05) is 24.3 Å². The van der Waals surface area contributed by atoms with Crippen LogP contribution in [0.3, 0.4) is 0 Å². The number of benzene rings is 2. The minimum atomic E-state index is -0.492. The maximum Gasteiger partial charge on any atom is 0.415 e. The topological polar surface area (TPSA) is 125 Å². The van der Waals surface area contributed by atoms with Gasteiger partial charge in [0.15, 0.2) is 0 Å². The summed E-state index contributed by atoms with van der Waals surface area (Å²) in [6.45, 7) is 0.772. The fourth-order valence-electron chi connectivity index (χ4n) is 4.08. The van der Waals surface area contributed by atoms with Crippen molar-refractivity contribution in [2.45, 2.75) is 12.5 Å². The van der Waals surface area contributed by atoms with Gasteiger partial charge >= 0.3 is 6.09 Å². The predicted octanol–water partition coefficient (Wildman–Crippen LogP) is 3.86. The number of nitrogen functional groups attached to an aromatic ring is 1. The summed E-state index contributed by atoms with van der Waals surface area (Å²) in [6.07, 6.45) is 5.23. The number of nitrogens with one attached hydrogen (secondary N) is 1. The standard InChI is InChI=1S/C27H26N6O4/c1-32-16-19(15-30-32)18-12-24(25(28)29-14-18)26(34)31-20-10-11-33(17-20)27(35)37-23-9-5-8-22(13-23)36-21-6-3-2-4-7-21/h2-9,12-16,20H,10-11,17H2,1H3,(H2,28,29)(H,31,34)/t20-/m1/s1. The second kappa shape index (κ2) is 10.4. The fraction of sp³-hybridized carbons (Fsp3) is 0.185. The number of carbonyl (C=O) groups excluding carboxylic acids is 2. The van der Waals surface area contributed by atoms with Gasteiger partial charge in [-0.15, -0.1) is 0 Å². The number of rotatable bonds is 6. The summed E-state index contributed by atoms with van der Waals surface area (Å²) in [5.41, 5.74) is 7.83. The summed E-state index contributed by atoms with van der Waals surface area (Å²) in [4.78, 5) is 31.4. The number of ether oxygens (including phenoxy) is 2. The zero-order chi connectivity index (χ0) is 25.8. The van der Waals surface area contributed by atoms with Crippen LogP contribution < -0.4 is 20.5 Å². The van der Waals surface area contributed by atoms with E-state index in [2.05, 4.69) is 15.4 Å². The quantitative estimate of drug-likeness (QED) is 0.414. The number of nitrogens with zero attached hydrogens (tertiary/aromatic N) is 4. The first-order valence-corrected chi connectivity index (χ1v) is 11.8. The van der Waals surface area contributed by atoms with Gasteiger partial charge in [-0.05, 0) is 36.8 Å². The minimum Gasteiger partial charge on any atom is -0.457 e. The number of aryl methyl sites for hydroxylation is 1. The number of pyridine rings is 1. The van der Waals surface area contributed by atoms with Crippen molar-refractivity contribution in [1.82, 2.24) is 25.0 Å². The van der Waals surface area contributed by atoms with Crippen molar-refractivity contribution in [1.29, 1.82) is 0 Å². The fourth-order valence-corrected chi connectivity index (χ4v) is 4.08. The SMILES string of the molecule is Cn1cc(-c2cnc(N)c(C(=O)N[C@@H]3CCN(C(=O)Oc4cccc(Oc5ccccc5)c4)C3)c2)cn1. The molecule has 0 spiro atoms. The summed E-state index contributed by atoms with van der Waals surface area (Å²) < 4.78 is 13.0. The van der Waals surface area contributed by atoms with Crippen LogP contribution in [0.5, 0.6) is 17.2 Å². The molecule has 10 nitrogen and oxygen atoms in total. The monoisotopic (exact) mass is 498 g/mol. The predicted molar refractivity (Wildman–Crippen MR) is 137 cm³/mol. The Morgan fingerprint density at radius 3 is 2.57 bits per heavy atom. The molecule has 5 rings (SSSR count). The molecule has 3 N–H and O–H groups in total. The highest BCUT2D eigenvalue weighted by Crippen LogP contribution is 2.26. The molecule has 0 radical (unpaired) electrons. The van der Waals surface area contributed by atoms with Crippen LogP contribution in [-0.2, 0) is 7.05 Å². The highest BCUT2D eigenvalue weighted by atomic mass is 16.6. The molecule has 0 bridgehead atoms. The highest BCUT2D eigenvalue weighted by molar-refractivity contribution is 5.99. The van der Waals surface area contributed by atoms with Gasteiger partial charge < -0.3 is 25.4 Å². The van der Waals surface area contributed by atoms with Gasteiger partial charge in [0.25, 0.3) is 5.91 Å². The first kappa shape index (κ1) is 23.9. The molecule has 1 aliphatic heterocycles. The molecule has 3 heterocycles. The maximum absolute atomic E-state index is 13.0. The summed E-state index contributed by atoms with van der Waals surface area (Å²) in [5.74, 6) is 1.41. The van der Waals surface area contributed by atoms with Gasteiger partial charge in [0.1, 0.15) is 23.1 Å². The Morgan fingerprint density at radius 2 is 1.78 bits per heavy atom. The van der Waals surface area contributed by atoms with Crippen LogP contribution in [-0.4, -0.2) is 50.8 Å². The number of hydrogen-bond acceptors (Lipinski definition) is 7. The van der Waals surface area contributed by atoms with Gasteiger partial charge in [-0.25, -0.2) is 9.78 Å². The van der Waals surface area contributed by atoms with Crippen LogP contribution in [0.4, 0.5) is 10.6 Å². The molecule has 1 atom stereocenters. The lowest BCUT2D eigenvalue weighted by atomic mass is 10.1. The maximum atomic E-state index is 13.0. The first-order chi connectivity index (χ1) is 17.9. The zero-order valence-electron chi connectivity index (χ0n) is 20.2. The van der Waals surface area contributed by atoms with Crippen LogP contribution in [0.15, 0.2) is 79.3 Å². The lowest BCUT2D eigenvalue weighted by Crippen LogP contribution is -2.39. The molecule has 1 fully saturated rings. The average Bonchev–Trinajstić information content (AvgIpc) is 3.54. The van der Waals surface area contributed by atoms with E-state index < -0.39 is 6.09 Å². The molecule has 2 aromatic carbocycles. The Bertz CT molecular complexity index is 1420. The van der Waals surface area contributed by atoms with Gasteiger partial charge in [0.2, 0.25) is 0 Å². The van der Waals surface area contributed by atoms with Crippen molar-refractivity contribution in [2.75, 3.05) is 18.8 Å². The molecule has 1 aliphatic rings. The van der Waals surface area contributed by atoms with E-state index in [1.165, 1.54) is 0 Å². The first-order valence-electron chi connectivity index (χ1n) is 11.8. The lowest BCUT2D eigenvalue weighted by molar-refractivity contribution is 0.0937.